The molecule has 2 heterocycles. The van der Waals surface area contributed by atoms with Crippen LogP contribution in [0.25, 0.3) is 10.9 Å². The molecule has 0 spiro atoms. The molecule has 21 heavy (non-hydrogen) atoms. The first-order chi connectivity index (χ1) is 9.83. The second-order valence-electron chi connectivity index (χ2n) is 5.61. The molecule has 0 saturated heterocycles. The van der Waals surface area contributed by atoms with E-state index in [-0.39, 0.29) is 18.4 Å². The molecule has 0 amide bonds. The number of aromatic nitrogens is 1. The van der Waals surface area contributed by atoms with Crippen molar-refractivity contribution in [3.63, 3.8) is 0 Å². The summed E-state index contributed by atoms with van der Waals surface area (Å²) in [7, 11) is 0. The average Bonchev–Trinajstić information content (AvgIpc) is 2.86. The summed E-state index contributed by atoms with van der Waals surface area (Å²) in [4.78, 5) is 3.62. The zero-order chi connectivity index (χ0) is 13.5. The minimum Gasteiger partial charge on any atom is -0.357 e. The number of nitrogens with one attached hydrogen (secondary N) is 2. The van der Waals surface area contributed by atoms with Gasteiger partial charge in [-0.05, 0) is 30.5 Å². The first-order valence-electron chi connectivity index (χ1n) is 7.22. The topological polar surface area (TPSA) is 27.8 Å². The van der Waals surface area contributed by atoms with Crippen LogP contribution in [0.1, 0.15) is 28.4 Å². The number of para-hydroxylation sites is 1. The molecule has 2 nitrogen and oxygen atoms in total. The first-order valence-corrected chi connectivity index (χ1v) is 7.22. The Kier molecular flexibility index (Phi) is 3.75. The summed E-state index contributed by atoms with van der Waals surface area (Å²) < 4.78 is 0. The minimum absolute atomic E-state index is 0. The van der Waals surface area contributed by atoms with Crippen LogP contribution in [-0.2, 0) is 6.42 Å². The summed E-state index contributed by atoms with van der Waals surface area (Å²) >= 11 is 0. The number of halogens is 1. The van der Waals surface area contributed by atoms with Gasteiger partial charge in [-0.25, -0.2) is 0 Å². The molecule has 0 saturated carbocycles. The van der Waals surface area contributed by atoms with E-state index in [0.29, 0.717) is 0 Å². The van der Waals surface area contributed by atoms with Gasteiger partial charge in [-0.2, -0.15) is 0 Å². The Morgan fingerprint density at radius 3 is 2.76 bits per heavy atom. The van der Waals surface area contributed by atoms with Crippen LogP contribution in [0, 0.1) is 6.92 Å². The van der Waals surface area contributed by atoms with Gasteiger partial charge in [0.25, 0.3) is 0 Å². The number of hydrogen-bond acceptors (Lipinski definition) is 1. The van der Waals surface area contributed by atoms with Gasteiger partial charge in [-0.3, -0.25) is 0 Å². The fraction of sp³-hybridized carbons (Fsp3) is 0.222. The predicted molar refractivity (Wildman–Crippen MR) is 90.3 cm³/mol. The largest absolute Gasteiger partial charge is 0.357 e. The van der Waals surface area contributed by atoms with Crippen LogP contribution in [0.3, 0.4) is 0 Å². The summed E-state index contributed by atoms with van der Waals surface area (Å²) in [6.45, 7) is 3.19. The van der Waals surface area contributed by atoms with Crippen molar-refractivity contribution in [3.8, 4) is 0 Å². The Labute approximate surface area is 131 Å². The summed E-state index contributed by atoms with van der Waals surface area (Å²) in [6.07, 6.45) is 1.10. The summed E-state index contributed by atoms with van der Waals surface area (Å²) in [5, 5.41) is 5.03. The van der Waals surface area contributed by atoms with Gasteiger partial charge in [0.2, 0.25) is 0 Å². The van der Waals surface area contributed by atoms with Gasteiger partial charge in [0, 0.05) is 23.1 Å². The van der Waals surface area contributed by atoms with Crippen molar-refractivity contribution in [2.24, 2.45) is 0 Å². The molecule has 3 aromatic rings. The lowest BCUT2D eigenvalue weighted by Crippen LogP contribution is -2.30. The molecule has 2 aromatic carbocycles. The number of hydrogen-bond donors (Lipinski definition) is 2. The van der Waals surface area contributed by atoms with Crippen molar-refractivity contribution < 1.29 is 0 Å². The molecule has 0 aliphatic carbocycles. The van der Waals surface area contributed by atoms with Crippen LogP contribution in [0.2, 0.25) is 0 Å². The summed E-state index contributed by atoms with van der Waals surface area (Å²) in [5.41, 5.74) is 6.72. The molecule has 1 unspecified atom stereocenters. The Bertz CT molecular complexity index is 776. The van der Waals surface area contributed by atoms with Gasteiger partial charge in [-0.1, -0.05) is 48.0 Å². The van der Waals surface area contributed by atoms with Crippen LogP contribution in [-0.4, -0.2) is 11.5 Å². The number of rotatable bonds is 1. The molecule has 0 radical (unpaired) electrons. The fourth-order valence-corrected chi connectivity index (χ4v) is 3.31. The van der Waals surface area contributed by atoms with Gasteiger partial charge in [0.05, 0.1) is 6.04 Å². The van der Waals surface area contributed by atoms with Gasteiger partial charge >= 0.3 is 0 Å². The van der Waals surface area contributed by atoms with Gasteiger partial charge < -0.3 is 10.3 Å². The molecule has 1 aliphatic rings. The Morgan fingerprint density at radius 1 is 1.05 bits per heavy atom. The number of H-pyrrole nitrogens is 1. The minimum atomic E-state index is 0. The molecule has 0 bridgehead atoms. The maximum absolute atomic E-state index is 3.65. The standard InChI is InChI=1S/C18H18N2.ClH/c1-12-5-4-6-13(11-12)17-18-15(9-10-19-17)14-7-2-3-8-16(14)20-18;/h2-8,11,17,19-20H,9-10H2,1H3;1H. The Hall–Kier alpha value is -1.77. The van der Waals surface area contributed by atoms with E-state index in [9.17, 15) is 0 Å². The molecule has 4 rings (SSSR count). The number of aromatic amines is 1. The second kappa shape index (κ2) is 5.55. The summed E-state index contributed by atoms with van der Waals surface area (Å²) in [6, 6.07) is 17.7. The Morgan fingerprint density at radius 2 is 1.90 bits per heavy atom. The van der Waals surface area contributed by atoms with Gasteiger partial charge in [-0.15, -0.1) is 12.4 Å². The zero-order valence-corrected chi connectivity index (χ0v) is 12.8. The second-order valence-corrected chi connectivity index (χ2v) is 5.61. The number of fused-ring (bicyclic) bond motifs is 3. The van der Waals surface area contributed by atoms with E-state index in [2.05, 4.69) is 65.8 Å². The third-order valence-electron chi connectivity index (χ3n) is 4.23. The highest BCUT2D eigenvalue weighted by Crippen LogP contribution is 2.33. The fourth-order valence-electron chi connectivity index (χ4n) is 3.31. The third kappa shape index (κ3) is 2.35. The summed E-state index contributed by atoms with van der Waals surface area (Å²) in [5.74, 6) is 0. The van der Waals surface area contributed by atoms with Crippen molar-refractivity contribution in [1.82, 2.24) is 10.3 Å². The molecule has 3 heteroatoms. The van der Waals surface area contributed by atoms with Gasteiger partial charge in [0.15, 0.2) is 0 Å². The molecule has 108 valence electrons. The van der Waals surface area contributed by atoms with Gasteiger partial charge in [0.1, 0.15) is 0 Å². The highest BCUT2D eigenvalue weighted by atomic mass is 35.5. The van der Waals surface area contributed by atoms with Crippen LogP contribution in [0.5, 0.6) is 0 Å². The van der Waals surface area contributed by atoms with E-state index >= 15 is 0 Å². The highest BCUT2D eigenvalue weighted by molar-refractivity contribution is 5.85. The molecule has 1 atom stereocenters. The molecule has 2 N–H and O–H groups in total. The van der Waals surface area contributed by atoms with Crippen LogP contribution in [0.15, 0.2) is 48.5 Å². The molecule has 1 aromatic heterocycles. The first kappa shape index (κ1) is 14.2. The lowest BCUT2D eigenvalue weighted by atomic mass is 9.94. The maximum atomic E-state index is 3.65. The monoisotopic (exact) mass is 298 g/mol. The van der Waals surface area contributed by atoms with E-state index in [1.807, 2.05) is 0 Å². The highest BCUT2D eigenvalue weighted by Gasteiger charge is 2.24. The van der Waals surface area contributed by atoms with Crippen molar-refractivity contribution in [2.75, 3.05) is 6.54 Å². The third-order valence-corrected chi connectivity index (χ3v) is 4.23. The number of aryl methyl sites for hydroxylation is 1. The lowest BCUT2D eigenvalue weighted by Gasteiger charge is -2.25. The van der Waals surface area contributed by atoms with Crippen molar-refractivity contribution in [2.45, 2.75) is 19.4 Å². The van der Waals surface area contributed by atoms with Crippen molar-refractivity contribution in [3.05, 3.63) is 70.9 Å². The molecule has 1 aliphatic heterocycles. The maximum Gasteiger partial charge on any atom is 0.0732 e. The zero-order valence-electron chi connectivity index (χ0n) is 12.0. The lowest BCUT2D eigenvalue weighted by molar-refractivity contribution is 0.560. The average molecular weight is 299 g/mol. The molecular formula is C18H19ClN2. The van der Waals surface area contributed by atoms with Crippen molar-refractivity contribution in [1.29, 1.82) is 0 Å². The number of benzene rings is 2. The SMILES string of the molecule is Cc1cccc(C2NCCc3c2[nH]c2ccccc32)c1.Cl. The van der Waals surface area contributed by atoms with E-state index in [4.69, 9.17) is 0 Å². The quantitative estimate of drug-likeness (QED) is 0.694. The van der Waals surface area contributed by atoms with E-state index < -0.39 is 0 Å². The van der Waals surface area contributed by atoms with E-state index in [1.165, 1.54) is 33.3 Å². The van der Waals surface area contributed by atoms with Crippen molar-refractivity contribution >= 4 is 23.3 Å². The smallest absolute Gasteiger partial charge is 0.0732 e. The molecule has 0 fully saturated rings. The predicted octanol–water partition coefficient (Wildman–Crippen LogP) is 4.13. The van der Waals surface area contributed by atoms with E-state index in [1.54, 1.807) is 0 Å². The normalized spacial score (nSPS) is 17.3. The van der Waals surface area contributed by atoms with Crippen LogP contribution in [0.4, 0.5) is 0 Å². The van der Waals surface area contributed by atoms with Crippen LogP contribution < -0.4 is 5.32 Å². The Balaban J connectivity index is 0.00000132. The van der Waals surface area contributed by atoms with Crippen LogP contribution >= 0.6 is 12.4 Å². The van der Waals surface area contributed by atoms with E-state index in [0.717, 1.165) is 13.0 Å². The molecular weight excluding hydrogens is 280 g/mol.